The number of nitrogens with zero attached hydrogens (tertiary/aromatic N) is 1. The number of hydrogen-bond donors (Lipinski definition) is 1. The number of benzene rings is 2. The smallest absolute Gasteiger partial charge is 0.335 e. The first-order valence-corrected chi connectivity index (χ1v) is 9.78. The second kappa shape index (κ2) is 9.19. The Morgan fingerprint density at radius 3 is 2.47 bits per heavy atom. The topological polar surface area (TPSA) is 84.9 Å². The molecule has 7 nitrogen and oxygen atoms in total. The Morgan fingerprint density at radius 1 is 1.03 bits per heavy atom. The Labute approximate surface area is 183 Å². The standard InChI is InChI=1S/C21H18Cl2N2O5/c1-3-8-30-17-7-4-12(10-18(17)29-2)9-14-19(26)24-21(28)25(20(14)27)13-5-6-15(22)16(23)11-13/h4-7,9-11H,3,8H2,1-2H3,(H,24,26,28)/b14-9+. The minimum Gasteiger partial charge on any atom is -0.493 e. The summed E-state index contributed by atoms with van der Waals surface area (Å²) >= 11 is 11.9. The van der Waals surface area contributed by atoms with Gasteiger partial charge in [0.15, 0.2) is 11.5 Å². The van der Waals surface area contributed by atoms with E-state index in [9.17, 15) is 14.4 Å². The van der Waals surface area contributed by atoms with Crippen LogP contribution in [0.4, 0.5) is 10.5 Å². The molecule has 1 fully saturated rings. The third-order valence-corrected chi connectivity index (χ3v) is 4.96. The van der Waals surface area contributed by atoms with E-state index in [2.05, 4.69) is 5.32 Å². The zero-order valence-electron chi connectivity index (χ0n) is 16.2. The van der Waals surface area contributed by atoms with Gasteiger partial charge in [0, 0.05) is 0 Å². The summed E-state index contributed by atoms with van der Waals surface area (Å²) in [7, 11) is 1.49. The first-order chi connectivity index (χ1) is 14.3. The van der Waals surface area contributed by atoms with Crippen LogP contribution in [0, 0.1) is 0 Å². The van der Waals surface area contributed by atoms with Crippen molar-refractivity contribution in [3.8, 4) is 11.5 Å². The van der Waals surface area contributed by atoms with Crippen molar-refractivity contribution in [3.05, 3.63) is 57.6 Å². The summed E-state index contributed by atoms with van der Waals surface area (Å²) < 4.78 is 10.9. The van der Waals surface area contributed by atoms with Gasteiger partial charge >= 0.3 is 6.03 Å². The van der Waals surface area contributed by atoms with Crippen molar-refractivity contribution in [1.29, 1.82) is 0 Å². The van der Waals surface area contributed by atoms with Gasteiger partial charge in [-0.1, -0.05) is 36.2 Å². The Balaban J connectivity index is 1.97. The molecular formula is C21H18Cl2N2O5. The molecule has 3 rings (SSSR count). The predicted molar refractivity (Wildman–Crippen MR) is 114 cm³/mol. The average Bonchev–Trinajstić information content (AvgIpc) is 2.72. The molecule has 1 aliphatic heterocycles. The van der Waals surface area contributed by atoms with Gasteiger partial charge in [0.05, 0.1) is 29.4 Å². The van der Waals surface area contributed by atoms with Crippen LogP contribution < -0.4 is 19.7 Å². The molecule has 1 saturated heterocycles. The lowest BCUT2D eigenvalue weighted by atomic mass is 10.1. The molecule has 0 bridgehead atoms. The number of nitrogens with one attached hydrogen (secondary N) is 1. The summed E-state index contributed by atoms with van der Waals surface area (Å²) in [5.74, 6) is -0.577. The molecule has 4 amide bonds. The highest BCUT2D eigenvalue weighted by Gasteiger charge is 2.37. The molecule has 0 atom stereocenters. The molecule has 0 saturated carbocycles. The van der Waals surface area contributed by atoms with Gasteiger partial charge in [-0.3, -0.25) is 14.9 Å². The highest BCUT2D eigenvalue weighted by atomic mass is 35.5. The Bertz CT molecular complexity index is 1050. The van der Waals surface area contributed by atoms with Crippen molar-refractivity contribution in [3.63, 3.8) is 0 Å². The van der Waals surface area contributed by atoms with Crippen LogP contribution in [-0.2, 0) is 9.59 Å². The van der Waals surface area contributed by atoms with Gasteiger partial charge in [-0.15, -0.1) is 0 Å². The normalized spacial score (nSPS) is 15.4. The largest absolute Gasteiger partial charge is 0.493 e. The Hall–Kier alpha value is -3.03. The lowest BCUT2D eigenvalue weighted by Gasteiger charge is -2.26. The summed E-state index contributed by atoms with van der Waals surface area (Å²) in [6.07, 6.45) is 2.21. The molecule has 1 aliphatic rings. The van der Waals surface area contributed by atoms with Gasteiger partial charge in [0.1, 0.15) is 5.57 Å². The molecule has 1 N–H and O–H groups in total. The predicted octanol–water partition coefficient (Wildman–Crippen LogP) is 4.46. The number of rotatable bonds is 6. The monoisotopic (exact) mass is 448 g/mol. The lowest BCUT2D eigenvalue weighted by molar-refractivity contribution is -0.122. The third kappa shape index (κ3) is 4.42. The summed E-state index contributed by atoms with van der Waals surface area (Å²) in [5, 5.41) is 2.60. The average molecular weight is 449 g/mol. The van der Waals surface area contributed by atoms with Gasteiger partial charge in [-0.2, -0.15) is 0 Å². The summed E-state index contributed by atoms with van der Waals surface area (Å²) in [6.45, 7) is 2.51. The number of carbonyl (C=O) groups excluding carboxylic acids is 3. The fraction of sp³-hybridized carbons (Fsp3) is 0.190. The maximum Gasteiger partial charge on any atom is 0.335 e. The van der Waals surface area contributed by atoms with E-state index in [1.807, 2.05) is 6.92 Å². The summed E-state index contributed by atoms with van der Waals surface area (Å²) in [6, 6.07) is 8.42. The van der Waals surface area contributed by atoms with Gasteiger partial charge < -0.3 is 9.47 Å². The van der Waals surface area contributed by atoms with Gasteiger partial charge in [0.2, 0.25) is 0 Å². The number of carbonyl (C=O) groups is 3. The minimum absolute atomic E-state index is 0.171. The number of anilines is 1. The second-order valence-electron chi connectivity index (χ2n) is 6.32. The quantitative estimate of drug-likeness (QED) is 0.520. The number of hydrogen-bond acceptors (Lipinski definition) is 5. The van der Waals surface area contributed by atoms with Crippen molar-refractivity contribution >= 4 is 52.8 Å². The molecule has 0 unspecified atom stereocenters. The summed E-state index contributed by atoms with van der Waals surface area (Å²) in [4.78, 5) is 38.4. The van der Waals surface area contributed by atoms with Crippen LogP contribution in [0.1, 0.15) is 18.9 Å². The Kier molecular flexibility index (Phi) is 6.64. The molecule has 0 aliphatic carbocycles. The maximum atomic E-state index is 13.0. The molecule has 1 heterocycles. The maximum absolute atomic E-state index is 13.0. The van der Waals surface area contributed by atoms with Gasteiger partial charge in [-0.25, -0.2) is 9.69 Å². The second-order valence-corrected chi connectivity index (χ2v) is 7.13. The number of halogens is 2. The van der Waals surface area contributed by atoms with Crippen molar-refractivity contribution in [2.24, 2.45) is 0 Å². The van der Waals surface area contributed by atoms with E-state index < -0.39 is 17.8 Å². The minimum atomic E-state index is -0.874. The van der Waals surface area contributed by atoms with Crippen LogP contribution in [0.5, 0.6) is 11.5 Å². The molecule has 0 aromatic heterocycles. The number of amides is 4. The molecule has 30 heavy (non-hydrogen) atoms. The molecule has 9 heteroatoms. The van der Waals surface area contributed by atoms with E-state index >= 15 is 0 Å². The van der Waals surface area contributed by atoms with Gasteiger partial charge in [-0.05, 0) is 48.4 Å². The molecular weight excluding hydrogens is 431 g/mol. The fourth-order valence-electron chi connectivity index (χ4n) is 2.79. The van der Waals surface area contributed by atoms with Crippen LogP contribution in [0.15, 0.2) is 42.0 Å². The first kappa shape index (κ1) is 21.7. The van der Waals surface area contributed by atoms with Crippen molar-refractivity contribution < 1.29 is 23.9 Å². The summed E-state index contributed by atoms with van der Waals surface area (Å²) in [5.41, 5.74) is 0.494. The van der Waals surface area contributed by atoms with E-state index in [0.717, 1.165) is 11.3 Å². The highest BCUT2D eigenvalue weighted by Crippen LogP contribution is 2.31. The number of ether oxygens (including phenoxy) is 2. The number of imide groups is 2. The number of methoxy groups -OCH3 is 1. The van der Waals surface area contributed by atoms with E-state index in [-0.39, 0.29) is 21.3 Å². The van der Waals surface area contributed by atoms with Crippen LogP contribution in [0.3, 0.4) is 0 Å². The SMILES string of the molecule is CCCOc1ccc(/C=C2\C(=O)NC(=O)N(c3ccc(Cl)c(Cl)c3)C2=O)cc1OC. The highest BCUT2D eigenvalue weighted by molar-refractivity contribution is 6.43. The number of urea groups is 1. The third-order valence-electron chi connectivity index (χ3n) is 4.22. The number of barbiturate groups is 1. The van der Waals surface area contributed by atoms with Crippen LogP contribution in [0.25, 0.3) is 6.08 Å². The van der Waals surface area contributed by atoms with Crippen LogP contribution in [-0.4, -0.2) is 31.6 Å². The zero-order valence-corrected chi connectivity index (χ0v) is 17.7. The Morgan fingerprint density at radius 2 is 1.80 bits per heavy atom. The molecule has 156 valence electrons. The van der Waals surface area contributed by atoms with E-state index in [1.54, 1.807) is 18.2 Å². The zero-order chi connectivity index (χ0) is 21.8. The van der Waals surface area contributed by atoms with Crippen molar-refractivity contribution in [1.82, 2.24) is 5.32 Å². The van der Waals surface area contributed by atoms with Gasteiger partial charge in [0.25, 0.3) is 11.8 Å². The fourth-order valence-corrected chi connectivity index (χ4v) is 3.08. The van der Waals surface area contributed by atoms with E-state index in [0.29, 0.717) is 23.7 Å². The molecule has 0 spiro atoms. The molecule has 0 radical (unpaired) electrons. The van der Waals surface area contributed by atoms with Crippen LogP contribution in [0.2, 0.25) is 10.0 Å². The van der Waals surface area contributed by atoms with Crippen molar-refractivity contribution in [2.45, 2.75) is 13.3 Å². The first-order valence-electron chi connectivity index (χ1n) is 9.03. The molecule has 2 aromatic rings. The lowest BCUT2D eigenvalue weighted by Crippen LogP contribution is -2.54. The molecule has 2 aromatic carbocycles. The van der Waals surface area contributed by atoms with Crippen molar-refractivity contribution in [2.75, 3.05) is 18.6 Å². The van der Waals surface area contributed by atoms with E-state index in [1.165, 1.54) is 31.4 Å². The van der Waals surface area contributed by atoms with E-state index in [4.69, 9.17) is 32.7 Å². The van der Waals surface area contributed by atoms with Crippen LogP contribution >= 0.6 is 23.2 Å².